The van der Waals surface area contributed by atoms with Crippen LogP contribution in [-0.2, 0) is 22.3 Å². The number of carbonyl (C=O) groups is 1. The molecule has 0 fully saturated rings. The van der Waals surface area contributed by atoms with Gasteiger partial charge in [0.15, 0.2) is 12.2 Å². The summed E-state index contributed by atoms with van der Waals surface area (Å²) in [5, 5.41) is 2.06. The topological polar surface area (TPSA) is 29.3 Å². The zero-order chi connectivity index (χ0) is 20.5. The number of benzene rings is 2. The minimum atomic E-state index is -4.43. The van der Waals surface area contributed by atoms with Crippen molar-refractivity contribution in [2.45, 2.75) is 32.5 Å². The number of hydrogen-bond acceptors (Lipinski definition) is 2. The highest BCUT2D eigenvalue weighted by Crippen LogP contribution is 2.28. The average Bonchev–Trinajstić information content (AvgIpc) is 2.60. The molecule has 0 atom stereocenters. The number of nitrogens with zero attached hydrogens (tertiary/aromatic N) is 1. The molecule has 1 aliphatic rings. The zero-order valence-corrected chi connectivity index (χ0v) is 16.5. The molecule has 8 heteroatoms. The van der Waals surface area contributed by atoms with Gasteiger partial charge in [-0.15, -0.1) is 0 Å². The van der Waals surface area contributed by atoms with Crippen LogP contribution in [0, 0.1) is 0 Å². The minimum absolute atomic E-state index is 0.147. The van der Waals surface area contributed by atoms with Gasteiger partial charge in [-0.3, -0.25) is 4.79 Å². The number of rotatable bonds is 6. The first-order chi connectivity index (χ1) is 13.2. The normalized spacial score (nSPS) is 13.2. The third-order valence-corrected chi connectivity index (χ3v) is 5.05. The van der Waals surface area contributed by atoms with Crippen molar-refractivity contribution in [1.82, 2.24) is 4.58 Å². The Kier molecular flexibility index (Phi) is 6.01. The van der Waals surface area contributed by atoms with Crippen LogP contribution in [0.25, 0.3) is 5.70 Å². The molecule has 0 aromatic heterocycles. The molecule has 28 heavy (non-hydrogen) atoms. The van der Waals surface area contributed by atoms with Gasteiger partial charge in [0.25, 0.3) is 0 Å². The van der Waals surface area contributed by atoms with Crippen LogP contribution in [0.5, 0.6) is 0 Å². The second-order valence-electron chi connectivity index (χ2n) is 6.30. The Balaban J connectivity index is 1.99. The molecule has 2 aromatic rings. The van der Waals surface area contributed by atoms with E-state index < -0.39 is 11.7 Å². The lowest BCUT2D eigenvalue weighted by Crippen LogP contribution is -2.51. The molecule has 3 nitrogen and oxygen atoms in total. The van der Waals surface area contributed by atoms with E-state index in [2.05, 4.69) is 0 Å². The quantitative estimate of drug-likeness (QED) is 0.508. The summed E-state index contributed by atoms with van der Waals surface area (Å²) in [4.78, 5) is 11.7. The molecule has 0 saturated carbocycles. The van der Waals surface area contributed by atoms with Crippen LogP contribution in [0.4, 0.5) is 13.2 Å². The van der Waals surface area contributed by atoms with Crippen LogP contribution in [-0.4, -0.2) is 12.6 Å². The van der Waals surface area contributed by atoms with E-state index in [1.165, 1.54) is 6.07 Å². The third-order valence-electron chi connectivity index (χ3n) is 4.47. The molecule has 0 saturated heterocycles. The second kappa shape index (κ2) is 8.13. The van der Waals surface area contributed by atoms with E-state index in [0.29, 0.717) is 27.0 Å². The van der Waals surface area contributed by atoms with Gasteiger partial charge in [-0.2, -0.15) is 17.7 Å². The molecule has 2 aromatic carbocycles. The van der Waals surface area contributed by atoms with E-state index in [0.717, 1.165) is 23.4 Å². The highest BCUT2D eigenvalue weighted by molar-refractivity contribution is 6.35. The van der Waals surface area contributed by atoms with Crippen molar-refractivity contribution in [2.24, 2.45) is 0 Å². The maximum absolute atomic E-state index is 13.1. The lowest BCUT2D eigenvalue weighted by molar-refractivity contribution is -0.143. The molecule has 0 spiro atoms. The summed E-state index contributed by atoms with van der Waals surface area (Å²) in [7, 11) is 0. The maximum atomic E-state index is 13.1. The summed E-state index contributed by atoms with van der Waals surface area (Å²) in [6.45, 7) is 2.28. The van der Waals surface area contributed by atoms with Crippen LogP contribution in [0.3, 0.4) is 0 Å². The molecule has 1 heterocycles. The second-order valence-corrected chi connectivity index (χ2v) is 7.15. The summed E-state index contributed by atoms with van der Waals surface area (Å²) in [6, 6.07) is 8.61. The van der Waals surface area contributed by atoms with Crippen molar-refractivity contribution in [3.8, 4) is 0 Å². The highest BCUT2D eigenvalue weighted by Gasteiger charge is 2.34. The average molecular weight is 431 g/mol. The Morgan fingerprint density at radius 1 is 1.14 bits per heavy atom. The summed E-state index contributed by atoms with van der Waals surface area (Å²) >= 11 is 12.1. The Hall–Kier alpha value is -2.05. The maximum Gasteiger partial charge on any atom is 0.416 e. The van der Waals surface area contributed by atoms with Crippen LogP contribution in [0.2, 0.25) is 10.0 Å². The molecule has 0 N–H and O–H groups in total. The summed E-state index contributed by atoms with van der Waals surface area (Å²) in [5.41, 5.74) is 0.786. The van der Waals surface area contributed by atoms with Crippen molar-refractivity contribution in [2.75, 3.05) is 6.61 Å². The van der Waals surface area contributed by atoms with E-state index in [9.17, 15) is 18.0 Å². The standard InChI is InChI=1S/C20H17Cl2F3NO2/c1-2-28-19(27)8-7-17-15-6-4-13(20(23,24)25)9-18(15)26(17)11-12-3-5-14(21)10-16(12)22/h3-6,9-10H,2,7-8,11H2,1H3/q+1. The van der Waals surface area contributed by atoms with Crippen molar-refractivity contribution in [3.63, 3.8) is 0 Å². The van der Waals surface area contributed by atoms with Crippen molar-refractivity contribution in [1.29, 1.82) is 0 Å². The van der Waals surface area contributed by atoms with E-state index >= 15 is 0 Å². The largest absolute Gasteiger partial charge is 0.466 e. The number of fused-ring (bicyclic) bond motifs is 1. The molecule has 0 amide bonds. The number of carbonyl (C=O) groups excluding carboxylic acids is 1. The van der Waals surface area contributed by atoms with Gasteiger partial charge in [-0.25, -0.2) is 0 Å². The van der Waals surface area contributed by atoms with Gasteiger partial charge in [0.2, 0.25) is 5.36 Å². The Morgan fingerprint density at radius 2 is 1.89 bits per heavy atom. The van der Waals surface area contributed by atoms with Gasteiger partial charge in [-0.1, -0.05) is 23.2 Å². The SMILES string of the molecule is CCOC(=O)CCC1=c2ccc(C(F)(F)F)cc2=[N+]1Cc1ccc(Cl)cc1Cl. The number of alkyl halides is 3. The zero-order valence-electron chi connectivity index (χ0n) is 14.9. The van der Waals surface area contributed by atoms with Crippen LogP contribution >= 0.6 is 23.2 Å². The molecule has 1 aliphatic heterocycles. The van der Waals surface area contributed by atoms with Gasteiger partial charge < -0.3 is 4.74 Å². The smallest absolute Gasteiger partial charge is 0.416 e. The summed E-state index contributed by atoms with van der Waals surface area (Å²) in [5.74, 6) is -0.347. The fourth-order valence-corrected chi connectivity index (χ4v) is 3.61. The number of ether oxygens (including phenoxy) is 1. The fourth-order valence-electron chi connectivity index (χ4n) is 3.14. The van der Waals surface area contributed by atoms with Crippen LogP contribution in [0.15, 0.2) is 36.4 Å². The van der Waals surface area contributed by atoms with Gasteiger partial charge in [0, 0.05) is 23.1 Å². The van der Waals surface area contributed by atoms with Gasteiger partial charge >= 0.3 is 12.1 Å². The monoisotopic (exact) mass is 430 g/mol. The molecule has 0 unspecified atom stereocenters. The van der Waals surface area contributed by atoms with Crippen LogP contribution < -0.4 is 15.2 Å². The van der Waals surface area contributed by atoms with Gasteiger partial charge in [0.1, 0.15) is 5.22 Å². The molecule has 0 aliphatic carbocycles. The first-order valence-corrected chi connectivity index (χ1v) is 9.41. The molecular formula is C20H17Cl2F3NO2+. The molecule has 0 bridgehead atoms. The van der Waals surface area contributed by atoms with E-state index in [1.807, 2.05) is 0 Å². The molecule has 0 radical (unpaired) electrons. The van der Waals surface area contributed by atoms with Crippen molar-refractivity contribution in [3.05, 3.63) is 68.1 Å². The summed E-state index contributed by atoms with van der Waals surface area (Å²) < 4.78 is 46.0. The lowest BCUT2D eigenvalue weighted by Gasteiger charge is -2.16. The van der Waals surface area contributed by atoms with Gasteiger partial charge in [-0.05, 0) is 37.3 Å². The first-order valence-electron chi connectivity index (χ1n) is 8.65. The number of halogens is 5. The Bertz CT molecular complexity index is 1050. The number of esters is 1. The van der Waals surface area contributed by atoms with Crippen LogP contribution in [0.1, 0.15) is 30.9 Å². The first kappa shape index (κ1) is 20.7. The minimum Gasteiger partial charge on any atom is -0.466 e. The van der Waals surface area contributed by atoms with E-state index in [-0.39, 0.29) is 25.5 Å². The van der Waals surface area contributed by atoms with Crippen molar-refractivity contribution >= 4 is 34.9 Å². The van der Waals surface area contributed by atoms with Gasteiger partial charge in [0.05, 0.1) is 23.6 Å². The summed E-state index contributed by atoms with van der Waals surface area (Å²) in [6.07, 6.45) is -3.92. The Labute approximate surface area is 169 Å². The van der Waals surface area contributed by atoms with E-state index in [4.69, 9.17) is 27.9 Å². The highest BCUT2D eigenvalue weighted by atomic mass is 35.5. The molecule has 3 rings (SSSR count). The molecule has 148 valence electrons. The molecular weight excluding hydrogens is 414 g/mol. The predicted octanol–water partition coefficient (Wildman–Crippen LogP) is 4.17. The van der Waals surface area contributed by atoms with E-state index in [1.54, 1.807) is 29.7 Å². The van der Waals surface area contributed by atoms with Crippen molar-refractivity contribution < 1.29 is 22.7 Å². The Morgan fingerprint density at radius 3 is 2.54 bits per heavy atom. The fraction of sp³-hybridized carbons (Fsp3) is 0.300. The predicted molar refractivity (Wildman–Crippen MR) is 101 cm³/mol. The lowest BCUT2D eigenvalue weighted by atomic mass is 10.0. The third kappa shape index (κ3) is 4.33. The number of hydrogen-bond donors (Lipinski definition) is 0.